The van der Waals surface area contributed by atoms with Gasteiger partial charge in [0.15, 0.2) is 5.78 Å². The van der Waals surface area contributed by atoms with Crippen molar-refractivity contribution in [3.8, 4) is 17.2 Å². The van der Waals surface area contributed by atoms with Crippen LogP contribution in [0.3, 0.4) is 0 Å². The summed E-state index contributed by atoms with van der Waals surface area (Å²) in [6.45, 7) is 0. The van der Waals surface area contributed by atoms with Crippen molar-refractivity contribution in [3.63, 3.8) is 0 Å². The van der Waals surface area contributed by atoms with Gasteiger partial charge in [0.25, 0.3) is 0 Å². The van der Waals surface area contributed by atoms with Gasteiger partial charge in [-0.1, -0.05) is 72.8 Å². The van der Waals surface area contributed by atoms with Crippen molar-refractivity contribution < 1.29 is 14.3 Å². The molecule has 0 N–H and O–H groups in total. The molecule has 0 heterocycles. The number of nitrogens with zero attached hydrogens (tertiary/aromatic N) is 1. The number of fused-ring (bicyclic) bond motifs is 1. The van der Waals surface area contributed by atoms with E-state index in [9.17, 15) is 4.79 Å². The number of hydrogen-bond acceptors (Lipinski definition) is 4. The van der Waals surface area contributed by atoms with E-state index in [4.69, 9.17) is 9.47 Å². The summed E-state index contributed by atoms with van der Waals surface area (Å²) in [5.74, 6) is 1.78. The van der Waals surface area contributed by atoms with Gasteiger partial charge in [-0.25, -0.2) is 0 Å². The van der Waals surface area contributed by atoms with Crippen LogP contribution in [0.1, 0.15) is 33.0 Å². The highest BCUT2D eigenvalue weighted by Crippen LogP contribution is 2.46. The molecule has 0 radical (unpaired) electrons. The van der Waals surface area contributed by atoms with E-state index in [1.54, 1.807) is 7.11 Å². The Bertz CT molecular complexity index is 1450. The quantitative estimate of drug-likeness (QED) is 0.253. The van der Waals surface area contributed by atoms with Crippen molar-refractivity contribution in [2.45, 2.75) is 5.92 Å². The minimum absolute atomic E-state index is 0.0134. The molecule has 0 aromatic heterocycles. The minimum Gasteiger partial charge on any atom is -0.497 e. The molecule has 0 saturated heterocycles. The van der Waals surface area contributed by atoms with E-state index >= 15 is 0 Å². The second kappa shape index (κ2) is 10.6. The van der Waals surface area contributed by atoms with Crippen LogP contribution in [-0.4, -0.2) is 27.0 Å². The molecular weight excluding hydrogens is 458 g/mol. The second-order valence-electron chi connectivity index (χ2n) is 9.14. The number of benzene rings is 4. The average Bonchev–Trinajstić information content (AvgIpc) is 3.22. The van der Waals surface area contributed by atoms with Crippen molar-refractivity contribution in [3.05, 3.63) is 137 Å². The molecule has 0 bridgehead atoms. The topological polar surface area (TPSA) is 38.8 Å². The monoisotopic (exact) mass is 487 g/mol. The number of carbonyl (C=O) groups excluding carboxylic acids is 1. The first-order valence-corrected chi connectivity index (χ1v) is 12.3. The number of allylic oxidation sites excluding steroid dienone is 3. The Morgan fingerprint density at radius 1 is 0.784 bits per heavy atom. The maximum atomic E-state index is 13.8. The third-order valence-corrected chi connectivity index (χ3v) is 6.56. The van der Waals surface area contributed by atoms with Crippen LogP contribution in [0.4, 0.5) is 5.69 Å². The molecule has 0 aliphatic heterocycles. The number of Topliss-reactive ketones (excluding diaryl/α,β-unsaturated/α-hetero) is 1. The van der Waals surface area contributed by atoms with Crippen LogP contribution in [0.2, 0.25) is 0 Å². The van der Waals surface area contributed by atoms with Crippen LogP contribution in [-0.2, 0) is 0 Å². The van der Waals surface area contributed by atoms with Crippen LogP contribution in [0.5, 0.6) is 17.2 Å². The maximum Gasteiger partial charge on any atom is 0.194 e. The molecule has 4 aromatic rings. The van der Waals surface area contributed by atoms with Crippen LogP contribution < -0.4 is 14.4 Å². The van der Waals surface area contributed by atoms with Gasteiger partial charge < -0.3 is 14.4 Å². The average molecular weight is 488 g/mol. The second-order valence-corrected chi connectivity index (χ2v) is 9.14. The highest BCUT2D eigenvalue weighted by Gasteiger charge is 2.37. The van der Waals surface area contributed by atoms with Crippen molar-refractivity contribution in [1.29, 1.82) is 0 Å². The lowest BCUT2D eigenvalue weighted by molar-refractivity contribution is 0.103. The summed E-state index contributed by atoms with van der Waals surface area (Å²) in [7, 11) is 5.67. The van der Waals surface area contributed by atoms with Gasteiger partial charge in [-0.15, -0.1) is 0 Å². The zero-order chi connectivity index (χ0) is 25.8. The predicted molar refractivity (Wildman–Crippen MR) is 150 cm³/mol. The molecule has 5 rings (SSSR count). The number of ether oxygens (including phenoxy) is 2. The standard InChI is InChI=1S/C33H29NO3/c1-34(2)25-17-15-23(16-18-25)9-7-13-29-31(24-10-5-4-6-11-24)28-12-8-14-30(32(28)33(29)35)37-27-21-19-26(36-3)20-22-27/h4-22,31H,1-3H3/b9-7+,29-13+/t31-/m0/s1. The molecular formula is C33H29NO3. The van der Waals surface area contributed by atoms with Gasteiger partial charge in [-0.3, -0.25) is 4.79 Å². The minimum atomic E-state index is -0.163. The highest BCUT2D eigenvalue weighted by molar-refractivity contribution is 6.17. The number of ketones is 1. The van der Waals surface area contributed by atoms with E-state index < -0.39 is 0 Å². The summed E-state index contributed by atoms with van der Waals surface area (Å²) in [4.78, 5) is 15.9. The van der Waals surface area contributed by atoms with Gasteiger partial charge in [0.05, 0.1) is 12.7 Å². The molecule has 1 aliphatic rings. The molecule has 4 heteroatoms. The smallest absolute Gasteiger partial charge is 0.194 e. The largest absolute Gasteiger partial charge is 0.497 e. The molecule has 1 aliphatic carbocycles. The number of rotatable bonds is 7. The fourth-order valence-electron chi connectivity index (χ4n) is 4.65. The van der Waals surface area contributed by atoms with Crippen molar-refractivity contribution in [1.82, 2.24) is 0 Å². The molecule has 4 aromatic carbocycles. The van der Waals surface area contributed by atoms with Crippen LogP contribution in [0.25, 0.3) is 6.08 Å². The summed E-state index contributed by atoms with van der Waals surface area (Å²) in [5.41, 5.74) is 5.59. The zero-order valence-electron chi connectivity index (χ0n) is 21.2. The molecule has 0 unspecified atom stereocenters. The molecule has 1 atom stereocenters. The van der Waals surface area contributed by atoms with Crippen LogP contribution in [0.15, 0.2) is 115 Å². The molecule has 184 valence electrons. The molecule has 0 fully saturated rings. The summed E-state index contributed by atoms with van der Waals surface area (Å²) in [6, 6.07) is 31.7. The number of carbonyl (C=O) groups is 1. The first-order chi connectivity index (χ1) is 18.0. The van der Waals surface area contributed by atoms with Gasteiger partial charge in [0.2, 0.25) is 0 Å². The number of hydrogen-bond donors (Lipinski definition) is 0. The Kier molecular flexibility index (Phi) is 6.91. The van der Waals surface area contributed by atoms with Crippen LogP contribution >= 0.6 is 0 Å². The fourth-order valence-corrected chi connectivity index (χ4v) is 4.65. The number of methoxy groups -OCH3 is 1. The molecule has 0 saturated carbocycles. The first-order valence-electron chi connectivity index (χ1n) is 12.3. The summed E-state index contributed by atoms with van der Waals surface area (Å²) < 4.78 is 11.4. The Morgan fingerprint density at radius 2 is 1.49 bits per heavy atom. The Labute approximate surface area is 218 Å². The van der Waals surface area contributed by atoms with Gasteiger partial charge in [0.1, 0.15) is 17.2 Å². The van der Waals surface area contributed by atoms with E-state index in [1.807, 2.05) is 93.0 Å². The SMILES string of the molecule is COc1ccc(Oc2cccc3c2C(=O)/C(=C/C=C/c2ccc(N(C)C)cc2)[C@H]3c2ccccc2)cc1. The fraction of sp³-hybridized carbons (Fsp3) is 0.121. The van der Waals surface area contributed by atoms with E-state index in [0.717, 1.165) is 33.7 Å². The van der Waals surface area contributed by atoms with Crippen molar-refractivity contribution in [2.75, 3.05) is 26.1 Å². The van der Waals surface area contributed by atoms with E-state index in [0.29, 0.717) is 17.1 Å². The molecule has 4 nitrogen and oxygen atoms in total. The normalized spacial score (nSPS) is 15.7. The van der Waals surface area contributed by atoms with E-state index in [2.05, 4.69) is 41.3 Å². The molecule has 37 heavy (non-hydrogen) atoms. The molecule has 0 amide bonds. The van der Waals surface area contributed by atoms with Gasteiger partial charge in [-0.05, 0) is 59.2 Å². The third-order valence-electron chi connectivity index (χ3n) is 6.56. The first kappa shape index (κ1) is 24.1. The van der Waals surface area contributed by atoms with Crippen molar-refractivity contribution >= 4 is 17.5 Å². The Balaban J connectivity index is 1.51. The highest BCUT2D eigenvalue weighted by atomic mass is 16.5. The summed E-state index contributed by atoms with van der Waals surface area (Å²) in [6.07, 6.45) is 5.93. The summed E-state index contributed by atoms with van der Waals surface area (Å²) >= 11 is 0. The van der Waals surface area contributed by atoms with Crippen molar-refractivity contribution in [2.24, 2.45) is 0 Å². The van der Waals surface area contributed by atoms with E-state index in [1.165, 1.54) is 0 Å². The Morgan fingerprint density at radius 3 is 2.16 bits per heavy atom. The molecule has 0 spiro atoms. The lowest BCUT2D eigenvalue weighted by Crippen LogP contribution is -2.07. The lowest BCUT2D eigenvalue weighted by Gasteiger charge is -2.14. The van der Waals surface area contributed by atoms with Crippen LogP contribution in [0, 0.1) is 0 Å². The lowest BCUT2D eigenvalue weighted by atomic mass is 9.89. The van der Waals surface area contributed by atoms with Gasteiger partial charge >= 0.3 is 0 Å². The van der Waals surface area contributed by atoms with E-state index in [-0.39, 0.29) is 11.7 Å². The van der Waals surface area contributed by atoms with Gasteiger partial charge in [0, 0.05) is 31.3 Å². The Hall–Kier alpha value is -4.57. The third kappa shape index (κ3) is 5.05. The predicted octanol–water partition coefficient (Wildman–Crippen LogP) is 7.52. The summed E-state index contributed by atoms with van der Waals surface area (Å²) in [5, 5.41) is 0. The van der Waals surface area contributed by atoms with Gasteiger partial charge in [-0.2, -0.15) is 0 Å². The zero-order valence-corrected chi connectivity index (χ0v) is 21.2. The number of anilines is 1. The maximum absolute atomic E-state index is 13.8.